The maximum atomic E-state index is 12.8. The molecule has 1 fully saturated rings. The molecule has 4 rings (SSSR count). The van der Waals surface area contributed by atoms with Gasteiger partial charge < -0.3 is 4.90 Å². The summed E-state index contributed by atoms with van der Waals surface area (Å²) in [6.45, 7) is 3.49. The van der Waals surface area contributed by atoms with Gasteiger partial charge >= 0.3 is 0 Å². The lowest BCUT2D eigenvalue weighted by molar-refractivity contribution is 0.0702. The van der Waals surface area contributed by atoms with Crippen molar-refractivity contribution >= 4 is 27.3 Å². The van der Waals surface area contributed by atoms with Crippen molar-refractivity contribution in [3.8, 4) is 0 Å². The van der Waals surface area contributed by atoms with Crippen LogP contribution >= 0.6 is 11.3 Å². The average molecular weight is 405 g/mol. The Balaban J connectivity index is 1.43. The second kappa shape index (κ2) is 7.37. The number of benzene rings is 1. The Labute approximate surface area is 164 Å². The van der Waals surface area contributed by atoms with Crippen LogP contribution < -0.4 is 0 Å². The van der Waals surface area contributed by atoms with Crippen molar-refractivity contribution in [3.05, 3.63) is 51.2 Å². The molecule has 1 saturated heterocycles. The van der Waals surface area contributed by atoms with Gasteiger partial charge in [-0.25, -0.2) is 8.42 Å². The van der Waals surface area contributed by atoms with E-state index in [1.165, 1.54) is 27.6 Å². The maximum Gasteiger partial charge on any atom is 0.264 e. The highest BCUT2D eigenvalue weighted by atomic mass is 32.2. The van der Waals surface area contributed by atoms with Gasteiger partial charge in [0.25, 0.3) is 5.91 Å². The molecule has 2 aromatic rings. The Bertz CT molecular complexity index is 917. The summed E-state index contributed by atoms with van der Waals surface area (Å²) in [5.74, 6) is 0.0433. The predicted molar refractivity (Wildman–Crippen MR) is 107 cm³/mol. The molecular weight excluding hydrogens is 380 g/mol. The Hall–Kier alpha value is -1.70. The monoisotopic (exact) mass is 404 g/mol. The van der Waals surface area contributed by atoms with Crippen LogP contribution in [0.5, 0.6) is 0 Å². The Morgan fingerprint density at radius 1 is 1.00 bits per heavy atom. The Kier molecular flexibility index (Phi) is 5.09. The summed E-state index contributed by atoms with van der Waals surface area (Å²) in [4.78, 5) is 17.1. The van der Waals surface area contributed by atoms with Crippen LogP contribution in [0.2, 0.25) is 0 Å². The third-order valence-corrected chi connectivity index (χ3v) is 8.53. The number of fused-ring (bicyclic) bond motifs is 1. The van der Waals surface area contributed by atoms with Crippen LogP contribution in [-0.4, -0.2) is 49.7 Å². The zero-order valence-corrected chi connectivity index (χ0v) is 17.1. The van der Waals surface area contributed by atoms with Crippen LogP contribution in [0.3, 0.4) is 0 Å². The topological polar surface area (TPSA) is 57.7 Å². The van der Waals surface area contributed by atoms with Crippen LogP contribution in [0.15, 0.2) is 35.2 Å². The van der Waals surface area contributed by atoms with Crippen molar-refractivity contribution in [1.82, 2.24) is 9.21 Å². The molecule has 144 valence electrons. The van der Waals surface area contributed by atoms with E-state index >= 15 is 0 Å². The number of hydrogen-bond acceptors (Lipinski definition) is 4. The highest BCUT2D eigenvalue weighted by molar-refractivity contribution is 7.89. The van der Waals surface area contributed by atoms with Crippen molar-refractivity contribution in [2.75, 3.05) is 26.2 Å². The van der Waals surface area contributed by atoms with Gasteiger partial charge in [0.2, 0.25) is 10.0 Å². The number of hydrogen-bond donors (Lipinski definition) is 0. The van der Waals surface area contributed by atoms with E-state index in [9.17, 15) is 13.2 Å². The molecule has 0 spiro atoms. The Morgan fingerprint density at radius 2 is 1.67 bits per heavy atom. The fourth-order valence-corrected chi connectivity index (χ4v) is 6.39. The third kappa shape index (κ3) is 3.68. The number of piperazine rings is 1. The van der Waals surface area contributed by atoms with Crippen LogP contribution in [0, 0.1) is 6.92 Å². The van der Waals surface area contributed by atoms with Gasteiger partial charge in [-0.05, 0) is 56.4 Å². The molecule has 0 saturated carbocycles. The highest BCUT2D eigenvalue weighted by Crippen LogP contribution is 2.30. The summed E-state index contributed by atoms with van der Waals surface area (Å²) < 4.78 is 27.1. The summed E-state index contributed by atoms with van der Waals surface area (Å²) in [6, 6.07) is 8.98. The van der Waals surface area contributed by atoms with Gasteiger partial charge in [0.15, 0.2) is 0 Å². The van der Waals surface area contributed by atoms with Crippen LogP contribution in [0.25, 0.3) is 0 Å². The third-order valence-electron chi connectivity index (χ3n) is 5.39. The smallest absolute Gasteiger partial charge is 0.264 e. The lowest BCUT2D eigenvalue weighted by atomic mass is 9.99. The van der Waals surface area contributed by atoms with E-state index in [0.29, 0.717) is 31.1 Å². The molecule has 0 atom stereocenters. The molecular formula is C20H24N2O3S2. The number of carbonyl (C=O) groups is 1. The zero-order valence-electron chi connectivity index (χ0n) is 15.5. The van der Waals surface area contributed by atoms with E-state index in [0.717, 1.165) is 23.3 Å². The van der Waals surface area contributed by atoms with E-state index in [1.54, 1.807) is 28.4 Å². The van der Waals surface area contributed by atoms with E-state index in [-0.39, 0.29) is 5.91 Å². The fraction of sp³-hybridized carbons (Fsp3) is 0.450. The molecule has 1 aliphatic heterocycles. The van der Waals surface area contributed by atoms with Gasteiger partial charge in [-0.3, -0.25) is 4.79 Å². The Morgan fingerprint density at radius 3 is 2.33 bits per heavy atom. The molecule has 1 aliphatic carbocycles. The maximum absolute atomic E-state index is 12.8. The van der Waals surface area contributed by atoms with Gasteiger partial charge in [0, 0.05) is 31.1 Å². The normalized spacial score (nSPS) is 18.3. The molecule has 0 unspecified atom stereocenters. The number of aryl methyl sites for hydroxylation is 3. The number of thiophene rings is 1. The summed E-state index contributed by atoms with van der Waals surface area (Å²) in [5, 5.41) is 0. The first-order valence-electron chi connectivity index (χ1n) is 9.43. The molecule has 7 heteroatoms. The molecule has 2 aliphatic rings. The molecule has 2 heterocycles. The van der Waals surface area contributed by atoms with Crippen molar-refractivity contribution < 1.29 is 13.2 Å². The van der Waals surface area contributed by atoms with Gasteiger partial charge in [0.1, 0.15) is 0 Å². The van der Waals surface area contributed by atoms with E-state index in [1.807, 2.05) is 19.1 Å². The van der Waals surface area contributed by atoms with E-state index in [2.05, 4.69) is 6.07 Å². The number of nitrogens with zero attached hydrogens (tertiary/aromatic N) is 2. The first-order valence-corrected chi connectivity index (χ1v) is 11.7. The van der Waals surface area contributed by atoms with Crippen LogP contribution in [0.4, 0.5) is 0 Å². The number of sulfonamides is 1. The molecule has 0 bridgehead atoms. The second-order valence-electron chi connectivity index (χ2n) is 7.28. The van der Waals surface area contributed by atoms with Crippen molar-refractivity contribution in [2.24, 2.45) is 0 Å². The molecule has 1 aromatic heterocycles. The molecule has 27 heavy (non-hydrogen) atoms. The summed E-state index contributed by atoms with van der Waals surface area (Å²) in [6.07, 6.45) is 4.56. The summed E-state index contributed by atoms with van der Waals surface area (Å²) in [7, 11) is -3.50. The van der Waals surface area contributed by atoms with Crippen molar-refractivity contribution in [1.29, 1.82) is 0 Å². The number of rotatable bonds is 3. The number of carbonyl (C=O) groups excluding carboxylic acids is 1. The molecule has 0 radical (unpaired) electrons. The second-order valence-corrected chi connectivity index (χ2v) is 10.4. The van der Waals surface area contributed by atoms with Gasteiger partial charge in [-0.1, -0.05) is 17.7 Å². The SMILES string of the molecule is Cc1ccc(S(=O)(=O)N2CCN(C(=O)c3cc4c(s3)CCCC4)CC2)cc1. The molecule has 0 N–H and O–H groups in total. The van der Waals surface area contributed by atoms with Crippen molar-refractivity contribution in [2.45, 2.75) is 37.5 Å². The minimum Gasteiger partial charge on any atom is -0.335 e. The molecule has 1 aromatic carbocycles. The largest absolute Gasteiger partial charge is 0.335 e. The standard InChI is InChI=1S/C20H24N2O3S2/c1-15-6-8-17(9-7-15)27(24,25)22-12-10-21(11-13-22)20(23)19-14-16-4-2-3-5-18(16)26-19/h6-9,14H,2-5,10-13H2,1H3. The number of amides is 1. The lowest BCUT2D eigenvalue weighted by Gasteiger charge is -2.33. The summed E-state index contributed by atoms with van der Waals surface area (Å²) >= 11 is 1.62. The lowest BCUT2D eigenvalue weighted by Crippen LogP contribution is -2.50. The molecule has 5 nitrogen and oxygen atoms in total. The van der Waals surface area contributed by atoms with Gasteiger partial charge in [-0.2, -0.15) is 4.31 Å². The fourth-order valence-electron chi connectivity index (χ4n) is 3.74. The highest BCUT2D eigenvalue weighted by Gasteiger charge is 2.31. The van der Waals surface area contributed by atoms with E-state index in [4.69, 9.17) is 0 Å². The summed E-state index contributed by atoms with van der Waals surface area (Å²) in [5.41, 5.74) is 2.36. The van der Waals surface area contributed by atoms with Crippen LogP contribution in [-0.2, 0) is 22.9 Å². The zero-order chi connectivity index (χ0) is 19.0. The first kappa shape index (κ1) is 18.7. The van der Waals surface area contributed by atoms with Crippen molar-refractivity contribution in [3.63, 3.8) is 0 Å². The average Bonchev–Trinajstić information content (AvgIpc) is 3.12. The minimum atomic E-state index is -3.50. The van der Waals surface area contributed by atoms with Crippen LogP contribution in [0.1, 0.15) is 38.5 Å². The predicted octanol–water partition coefficient (Wildman–Crippen LogP) is 3.08. The minimum absolute atomic E-state index is 0.0433. The molecule has 1 amide bonds. The quantitative estimate of drug-likeness (QED) is 0.790. The van der Waals surface area contributed by atoms with Gasteiger partial charge in [0.05, 0.1) is 9.77 Å². The van der Waals surface area contributed by atoms with Gasteiger partial charge in [-0.15, -0.1) is 11.3 Å². The van der Waals surface area contributed by atoms with E-state index < -0.39 is 10.0 Å². The first-order chi connectivity index (χ1) is 12.9.